The Hall–Kier alpha value is -1.13. The first-order valence-corrected chi connectivity index (χ1v) is 6.62. The first kappa shape index (κ1) is 13.3. The molecule has 0 radical (unpaired) electrons. The van der Waals surface area contributed by atoms with Gasteiger partial charge >= 0.3 is 0 Å². The maximum Gasteiger partial charge on any atom is 0.252 e. The number of aryl methyl sites for hydroxylation is 2. The molecule has 0 saturated heterocycles. The van der Waals surface area contributed by atoms with Gasteiger partial charge in [0.15, 0.2) is 5.15 Å². The number of ether oxygens (including phenoxy) is 1. The molecule has 1 heterocycles. The van der Waals surface area contributed by atoms with Crippen LogP contribution in [-0.4, -0.2) is 9.97 Å². The molecule has 0 amide bonds. The largest absolute Gasteiger partial charge is 0.471 e. The number of hydrogen-bond donors (Lipinski definition) is 0. The zero-order valence-corrected chi connectivity index (χ0v) is 12.4. The van der Waals surface area contributed by atoms with Gasteiger partial charge in [-0.2, -0.15) is 0 Å². The van der Waals surface area contributed by atoms with Crippen molar-refractivity contribution in [2.75, 3.05) is 0 Å². The molecule has 1 aromatic heterocycles. The first-order chi connectivity index (χ1) is 8.58. The summed E-state index contributed by atoms with van der Waals surface area (Å²) in [5.41, 5.74) is 2.67. The molecule has 0 aliphatic heterocycles. The molecular weight excluding hydrogens is 316 g/mol. The van der Waals surface area contributed by atoms with Crippen molar-refractivity contribution in [2.24, 2.45) is 0 Å². The molecule has 2 rings (SSSR count). The van der Waals surface area contributed by atoms with E-state index in [1.807, 2.05) is 38.1 Å². The van der Waals surface area contributed by atoms with Gasteiger partial charge in [0.1, 0.15) is 6.61 Å². The van der Waals surface area contributed by atoms with Crippen LogP contribution in [0.5, 0.6) is 5.88 Å². The van der Waals surface area contributed by atoms with Crippen molar-refractivity contribution in [3.8, 4) is 5.88 Å². The summed E-state index contributed by atoms with van der Waals surface area (Å²) in [6.07, 6.45) is 0. The Labute approximate surface area is 119 Å². The highest BCUT2D eigenvalue weighted by Gasteiger charge is 2.09. The fraction of sp³-hybridized carbons (Fsp3) is 0.231. The third-order valence-electron chi connectivity index (χ3n) is 2.56. The van der Waals surface area contributed by atoms with Crippen molar-refractivity contribution in [3.63, 3.8) is 0 Å². The number of halogens is 2. The van der Waals surface area contributed by atoms with Crippen molar-refractivity contribution in [2.45, 2.75) is 20.5 Å². The lowest BCUT2D eigenvalue weighted by molar-refractivity contribution is 0.291. The van der Waals surface area contributed by atoms with Gasteiger partial charge in [0.05, 0.1) is 11.4 Å². The summed E-state index contributed by atoms with van der Waals surface area (Å²) in [4.78, 5) is 8.46. The van der Waals surface area contributed by atoms with Gasteiger partial charge in [-0.05, 0) is 19.9 Å². The number of rotatable bonds is 3. The van der Waals surface area contributed by atoms with Crippen molar-refractivity contribution < 1.29 is 4.74 Å². The highest BCUT2D eigenvalue weighted by atomic mass is 79.9. The Morgan fingerprint density at radius 3 is 2.56 bits per heavy atom. The standard InChI is InChI=1S/C13H12BrClN2O/c1-8-9(2)17-13(12(15)16-8)18-7-10-5-3-4-6-11(10)14/h3-6H,7H2,1-2H3. The summed E-state index contributed by atoms with van der Waals surface area (Å²) in [7, 11) is 0. The Morgan fingerprint density at radius 2 is 1.83 bits per heavy atom. The molecule has 0 bridgehead atoms. The van der Waals surface area contributed by atoms with Crippen LogP contribution in [0.3, 0.4) is 0 Å². The van der Waals surface area contributed by atoms with Crippen LogP contribution in [0.4, 0.5) is 0 Å². The fourth-order valence-electron chi connectivity index (χ4n) is 1.41. The summed E-state index contributed by atoms with van der Waals surface area (Å²) in [6, 6.07) is 7.85. The van der Waals surface area contributed by atoms with E-state index in [9.17, 15) is 0 Å². The highest BCUT2D eigenvalue weighted by molar-refractivity contribution is 9.10. The summed E-state index contributed by atoms with van der Waals surface area (Å²) >= 11 is 9.46. The SMILES string of the molecule is Cc1nc(Cl)c(OCc2ccccc2Br)nc1C. The second kappa shape index (κ2) is 5.67. The van der Waals surface area contributed by atoms with Crippen molar-refractivity contribution >= 4 is 27.5 Å². The Bertz CT molecular complexity index is 575. The van der Waals surface area contributed by atoms with E-state index in [2.05, 4.69) is 25.9 Å². The molecule has 0 unspecified atom stereocenters. The molecule has 0 aliphatic rings. The van der Waals surface area contributed by atoms with Gasteiger partial charge in [0.2, 0.25) is 0 Å². The third-order valence-corrected chi connectivity index (χ3v) is 3.58. The molecule has 2 aromatic rings. The highest BCUT2D eigenvalue weighted by Crippen LogP contribution is 2.23. The van der Waals surface area contributed by atoms with E-state index in [0.717, 1.165) is 21.4 Å². The molecule has 0 saturated carbocycles. The molecule has 5 heteroatoms. The Balaban J connectivity index is 2.16. The second-order valence-electron chi connectivity index (χ2n) is 3.87. The lowest BCUT2D eigenvalue weighted by atomic mass is 10.2. The van der Waals surface area contributed by atoms with E-state index in [4.69, 9.17) is 16.3 Å². The zero-order valence-electron chi connectivity index (χ0n) is 10.1. The van der Waals surface area contributed by atoms with Crippen molar-refractivity contribution in [1.82, 2.24) is 9.97 Å². The fourth-order valence-corrected chi connectivity index (χ4v) is 2.03. The zero-order chi connectivity index (χ0) is 13.1. The molecular formula is C13H12BrClN2O. The topological polar surface area (TPSA) is 35.0 Å². The van der Waals surface area contributed by atoms with Crippen LogP contribution in [-0.2, 0) is 6.61 Å². The average Bonchev–Trinajstić information content (AvgIpc) is 2.34. The minimum absolute atomic E-state index is 0.296. The molecule has 0 spiro atoms. The smallest absolute Gasteiger partial charge is 0.252 e. The summed E-state index contributed by atoms with van der Waals surface area (Å²) in [6.45, 7) is 4.15. The Morgan fingerprint density at radius 1 is 1.17 bits per heavy atom. The van der Waals surface area contributed by atoms with Gasteiger partial charge in [-0.1, -0.05) is 45.7 Å². The monoisotopic (exact) mass is 326 g/mol. The maximum atomic E-state index is 6.00. The molecule has 0 N–H and O–H groups in total. The van der Waals surface area contributed by atoms with Crippen LogP contribution < -0.4 is 4.74 Å². The van der Waals surface area contributed by atoms with E-state index < -0.39 is 0 Å². The van der Waals surface area contributed by atoms with Gasteiger partial charge in [-0.25, -0.2) is 9.97 Å². The van der Waals surface area contributed by atoms with E-state index in [1.165, 1.54) is 0 Å². The van der Waals surface area contributed by atoms with E-state index in [-0.39, 0.29) is 0 Å². The summed E-state index contributed by atoms with van der Waals surface area (Å²) in [5.74, 6) is 0.371. The lowest BCUT2D eigenvalue weighted by Gasteiger charge is -2.09. The molecule has 0 fully saturated rings. The van der Waals surface area contributed by atoms with Crippen LogP contribution in [0.1, 0.15) is 17.0 Å². The van der Waals surface area contributed by atoms with Crippen LogP contribution in [0, 0.1) is 13.8 Å². The van der Waals surface area contributed by atoms with Crippen molar-refractivity contribution in [1.29, 1.82) is 0 Å². The quantitative estimate of drug-likeness (QED) is 0.851. The van der Waals surface area contributed by atoms with Crippen LogP contribution in [0.15, 0.2) is 28.7 Å². The summed E-state index contributed by atoms with van der Waals surface area (Å²) < 4.78 is 6.60. The van der Waals surface area contributed by atoms with Crippen LogP contribution >= 0.6 is 27.5 Å². The van der Waals surface area contributed by atoms with Crippen LogP contribution in [0.25, 0.3) is 0 Å². The van der Waals surface area contributed by atoms with Gasteiger partial charge in [-0.15, -0.1) is 0 Å². The van der Waals surface area contributed by atoms with Crippen LogP contribution in [0.2, 0.25) is 5.15 Å². The van der Waals surface area contributed by atoms with Gasteiger partial charge in [0, 0.05) is 10.0 Å². The summed E-state index contributed by atoms with van der Waals surface area (Å²) in [5, 5.41) is 0.296. The number of nitrogens with zero attached hydrogens (tertiary/aromatic N) is 2. The van der Waals surface area contributed by atoms with E-state index in [0.29, 0.717) is 17.6 Å². The maximum absolute atomic E-state index is 6.00. The Kier molecular flexibility index (Phi) is 4.19. The molecule has 0 atom stereocenters. The molecule has 3 nitrogen and oxygen atoms in total. The molecule has 0 aliphatic carbocycles. The predicted molar refractivity (Wildman–Crippen MR) is 75.0 cm³/mol. The van der Waals surface area contributed by atoms with E-state index >= 15 is 0 Å². The molecule has 1 aromatic carbocycles. The number of aromatic nitrogens is 2. The van der Waals surface area contributed by atoms with Gasteiger partial charge < -0.3 is 4.74 Å². The first-order valence-electron chi connectivity index (χ1n) is 5.45. The van der Waals surface area contributed by atoms with Gasteiger partial charge in [0.25, 0.3) is 5.88 Å². The average molecular weight is 328 g/mol. The second-order valence-corrected chi connectivity index (χ2v) is 5.08. The third kappa shape index (κ3) is 3.00. The minimum atomic E-state index is 0.296. The number of hydrogen-bond acceptors (Lipinski definition) is 3. The lowest BCUT2D eigenvalue weighted by Crippen LogP contribution is -2.02. The predicted octanol–water partition coefficient (Wildman–Crippen LogP) is 4.09. The van der Waals surface area contributed by atoms with E-state index in [1.54, 1.807) is 0 Å². The molecule has 18 heavy (non-hydrogen) atoms. The normalized spacial score (nSPS) is 10.4. The number of benzene rings is 1. The molecule has 94 valence electrons. The minimum Gasteiger partial charge on any atom is -0.471 e. The van der Waals surface area contributed by atoms with Gasteiger partial charge in [-0.3, -0.25) is 0 Å². The van der Waals surface area contributed by atoms with Crippen molar-refractivity contribution in [3.05, 3.63) is 50.8 Å².